The van der Waals surface area contributed by atoms with Crippen LogP contribution in [0.1, 0.15) is 13.8 Å². The number of hydrogen-bond donors (Lipinski definition) is 0. The maximum atomic E-state index is 4.50. The van der Waals surface area contributed by atoms with Crippen molar-refractivity contribution in [2.24, 2.45) is 0 Å². The summed E-state index contributed by atoms with van der Waals surface area (Å²) in [5, 5.41) is 0. The van der Waals surface area contributed by atoms with Gasteiger partial charge in [-0.3, -0.25) is 9.55 Å². The lowest BCUT2D eigenvalue weighted by Gasteiger charge is -2.03. The Labute approximate surface area is 147 Å². The quantitative estimate of drug-likeness (QED) is 0.530. The minimum absolute atomic E-state index is 0.856. The van der Waals surface area contributed by atoms with Crippen LogP contribution >= 0.6 is 0 Å². The van der Waals surface area contributed by atoms with Crippen molar-refractivity contribution < 1.29 is 0 Å². The maximum absolute atomic E-state index is 4.50. The standard InChI is InChI=1S/C19H14N4.C2H6/c1-2-10-21-19(8-1)23-13-18(22-14-23)16-6-3-5-15(11-16)17-7-4-9-20-12-17;1-2/h1-14H;1-2H3. The van der Waals surface area contributed by atoms with Crippen molar-refractivity contribution in [3.05, 3.63) is 85.7 Å². The molecule has 1 aromatic carbocycles. The van der Waals surface area contributed by atoms with E-state index < -0.39 is 0 Å². The first-order chi connectivity index (χ1) is 12.4. The minimum atomic E-state index is 0.856. The van der Waals surface area contributed by atoms with Gasteiger partial charge in [0, 0.05) is 35.9 Å². The van der Waals surface area contributed by atoms with E-state index in [4.69, 9.17) is 0 Å². The Morgan fingerprint density at radius 3 is 2.36 bits per heavy atom. The van der Waals surface area contributed by atoms with Crippen LogP contribution in [0.25, 0.3) is 28.2 Å². The summed E-state index contributed by atoms with van der Waals surface area (Å²) in [5.41, 5.74) is 4.21. The average molecular weight is 328 g/mol. The van der Waals surface area contributed by atoms with Crippen LogP contribution in [-0.4, -0.2) is 19.5 Å². The lowest BCUT2D eigenvalue weighted by atomic mass is 10.0. The van der Waals surface area contributed by atoms with Gasteiger partial charge in [-0.05, 0) is 29.8 Å². The van der Waals surface area contributed by atoms with Crippen molar-refractivity contribution in [2.45, 2.75) is 13.8 Å². The third-order valence-corrected chi connectivity index (χ3v) is 3.65. The molecule has 0 saturated heterocycles. The first kappa shape index (κ1) is 16.6. The molecule has 4 nitrogen and oxygen atoms in total. The third-order valence-electron chi connectivity index (χ3n) is 3.65. The molecule has 3 aromatic heterocycles. The number of hydrogen-bond acceptors (Lipinski definition) is 3. The summed E-state index contributed by atoms with van der Waals surface area (Å²) in [6, 6.07) is 18.1. The van der Waals surface area contributed by atoms with Crippen molar-refractivity contribution in [3.8, 4) is 28.2 Å². The van der Waals surface area contributed by atoms with Crippen LogP contribution < -0.4 is 0 Å². The lowest BCUT2D eigenvalue weighted by Crippen LogP contribution is -1.92. The molecule has 0 aliphatic rings. The molecular formula is C21H20N4. The largest absolute Gasteiger partial charge is 0.290 e. The van der Waals surface area contributed by atoms with E-state index >= 15 is 0 Å². The second kappa shape index (κ2) is 8.02. The molecule has 0 radical (unpaired) electrons. The van der Waals surface area contributed by atoms with Gasteiger partial charge in [0.2, 0.25) is 0 Å². The van der Waals surface area contributed by atoms with Gasteiger partial charge in [-0.2, -0.15) is 0 Å². The second-order valence-corrected chi connectivity index (χ2v) is 5.18. The van der Waals surface area contributed by atoms with E-state index in [1.54, 1.807) is 18.7 Å². The van der Waals surface area contributed by atoms with Crippen LogP contribution in [0.4, 0.5) is 0 Å². The molecule has 0 aliphatic carbocycles. The summed E-state index contributed by atoms with van der Waals surface area (Å²) in [5.74, 6) is 0.856. The molecule has 4 rings (SSSR count). The van der Waals surface area contributed by atoms with E-state index in [0.717, 1.165) is 28.2 Å². The fourth-order valence-corrected chi connectivity index (χ4v) is 2.50. The van der Waals surface area contributed by atoms with Crippen molar-refractivity contribution in [2.75, 3.05) is 0 Å². The van der Waals surface area contributed by atoms with Gasteiger partial charge in [-0.1, -0.05) is 44.2 Å². The third kappa shape index (κ3) is 3.80. The first-order valence-electron chi connectivity index (χ1n) is 8.36. The normalized spacial score (nSPS) is 10.0. The van der Waals surface area contributed by atoms with E-state index in [-0.39, 0.29) is 0 Å². The summed E-state index contributed by atoms with van der Waals surface area (Å²) < 4.78 is 1.92. The van der Waals surface area contributed by atoms with Gasteiger partial charge in [0.25, 0.3) is 0 Å². The Kier molecular flexibility index (Phi) is 5.32. The highest BCUT2D eigenvalue weighted by atomic mass is 15.1. The lowest BCUT2D eigenvalue weighted by molar-refractivity contribution is 0.993. The molecular weight excluding hydrogens is 308 g/mol. The summed E-state index contributed by atoms with van der Waals surface area (Å²) >= 11 is 0. The molecule has 25 heavy (non-hydrogen) atoms. The molecule has 0 bridgehead atoms. The molecule has 0 aliphatic heterocycles. The highest BCUT2D eigenvalue weighted by Crippen LogP contribution is 2.25. The number of nitrogens with zero attached hydrogens (tertiary/aromatic N) is 4. The summed E-state index contributed by atoms with van der Waals surface area (Å²) in [6.07, 6.45) is 9.20. The fraction of sp³-hybridized carbons (Fsp3) is 0.0952. The Morgan fingerprint density at radius 2 is 1.60 bits per heavy atom. The van der Waals surface area contributed by atoms with Crippen molar-refractivity contribution >= 4 is 0 Å². The van der Waals surface area contributed by atoms with E-state index in [1.165, 1.54) is 0 Å². The zero-order chi connectivity index (χ0) is 17.5. The second-order valence-electron chi connectivity index (χ2n) is 5.18. The van der Waals surface area contributed by atoms with E-state index in [9.17, 15) is 0 Å². The Balaban J connectivity index is 0.000000880. The van der Waals surface area contributed by atoms with Gasteiger partial charge < -0.3 is 0 Å². The predicted molar refractivity (Wildman–Crippen MR) is 101 cm³/mol. The summed E-state index contributed by atoms with van der Waals surface area (Å²) in [7, 11) is 0. The minimum Gasteiger partial charge on any atom is -0.290 e. The topological polar surface area (TPSA) is 43.6 Å². The average Bonchev–Trinajstić information content (AvgIpc) is 3.21. The summed E-state index contributed by atoms with van der Waals surface area (Å²) in [6.45, 7) is 4.00. The molecule has 0 spiro atoms. The number of aromatic nitrogens is 4. The molecule has 0 atom stereocenters. The van der Waals surface area contributed by atoms with Crippen molar-refractivity contribution in [3.63, 3.8) is 0 Å². The zero-order valence-electron chi connectivity index (χ0n) is 14.4. The highest BCUT2D eigenvalue weighted by Gasteiger charge is 2.06. The van der Waals surface area contributed by atoms with Crippen LogP contribution in [0, 0.1) is 0 Å². The smallest absolute Gasteiger partial charge is 0.137 e. The molecule has 0 N–H and O–H groups in total. The van der Waals surface area contributed by atoms with E-state index in [2.05, 4.69) is 39.2 Å². The van der Waals surface area contributed by atoms with Crippen LogP contribution in [-0.2, 0) is 0 Å². The molecule has 4 aromatic rings. The van der Waals surface area contributed by atoms with Gasteiger partial charge in [0.1, 0.15) is 12.1 Å². The van der Waals surface area contributed by atoms with Crippen molar-refractivity contribution in [1.82, 2.24) is 19.5 Å². The highest BCUT2D eigenvalue weighted by molar-refractivity contribution is 5.70. The predicted octanol–water partition coefficient (Wildman–Crippen LogP) is 5.02. The molecule has 0 unspecified atom stereocenters. The van der Waals surface area contributed by atoms with E-state index in [0.29, 0.717) is 0 Å². The van der Waals surface area contributed by atoms with E-state index in [1.807, 2.05) is 61.1 Å². The van der Waals surface area contributed by atoms with Crippen LogP contribution in [0.2, 0.25) is 0 Å². The summed E-state index contributed by atoms with van der Waals surface area (Å²) in [4.78, 5) is 13.0. The maximum Gasteiger partial charge on any atom is 0.137 e. The number of pyridine rings is 2. The Hall–Kier alpha value is -3.27. The van der Waals surface area contributed by atoms with Crippen LogP contribution in [0.5, 0.6) is 0 Å². The fourth-order valence-electron chi connectivity index (χ4n) is 2.50. The van der Waals surface area contributed by atoms with Crippen LogP contribution in [0.15, 0.2) is 85.7 Å². The van der Waals surface area contributed by atoms with Gasteiger partial charge in [-0.25, -0.2) is 9.97 Å². The SMILES string of the molecule is CC.c1ccc(-n2cnc(-c3cccc(-c4cccnc4)c3)c2)nc1. The molecule has 0 amide bonds. The molecule has 4 heteroatoms. The molecule has 124 valence electrons. The molecule has 0 fully saturated rings. The first-order valence-corrected chi connectivity index (χ1v) is 8.36. The van der Waals surface area contributed by atoms with Gasteiger partial charge >= 0.3 is 0 Å². The van der Waals surface area contributed by atoms with Gasteiger partial charge in [-0.15, -0.1) is 0 Å². The van der Waals surface area contributed by atoms with Crippen LogP contribution in [0.3, 0.4) is 0 Å². The Bertz CT molecular complexity index is 915. The van der Waals surface area contributed by atoms with Gasteiger partial charge in [0.05, 0.1) is 5.69 Å². The Morgan fingerprint density at radius 1 is 0.760 bits per heavy atom. The number of imidazole rings is 1. The van der Waals surface area contributed by atoms with Crippen molar-refractivity contribution in [1.29, 1.82) is 0 Å². The molecule has 3 heterocycles. The zero-order valence-corrected chi connectivity index (χ0v) is 14.4. The number of benzene rings is 1. The van der Waals surface area contributed by atoms with Gasteiger partial charge in [0.15, 0.2) is 0 Å². The monoisotopic (exact) mass is 328 g/mol. The molecule has 0 saturated carbocycles. The number of rotatable bonds is 3.